The maximum Gasteiger partial charge on any atom is 0.350 e. The van der Waals surface area contributed by atoms with Crippen LogP contribution in [0, 0.1) is 13.8 Å². The molecule has 1 aromatic heterocycles. The van der Waals surface area contributed by atoms with E-state index in [1.807, 2.05) is 0 Å². The highest BCUT2D eigenvalue weighted by Crippen LogP contribution is 2.26. The molecule has 0 saturated carbocycles. The first kappa shape index (κ1) is 12.1. The zero-order chi connectivity index (χ0) is 11.8. The van der Waals surface area contributed by atoms with Gasteiger partial charge in [0.15, 0.2) is 5.69 Å². The molecular weight excluding hydrogens is 221 g/mol. The van der Waals surface area contributed by atoms with Gasteiger partial charge in [0.05, 0.1) is 4.88 Å². The number of halogens is 1. The van der Waals surface area contributed by atoms with Crippen LogP contribution in [0.3, 0.4) is 0 Å². The standard InChI is InChI=1S/C9H12FNO3S/c1-5-6(2)15-7(11(5)3)9(14,4-10)8(12)13/h14H,4H2,1-3H3/p+1. The number of thiazole rings is 1. The molecule has 0 spiro atoms. The number of hydrogen-bond donors (Lipinski definition) is 2. The average Bonchev–Trinajstić information content (AvgIpc) is 2.45. The van der Waals surface area contributed by atoms with Gasteiger partial charge in [-0.1, -0.05) is 11.3 Å². The molecule has 0 radical (unpaired) electrons. The molecule has 1 rings (SSSR count). The van der Waals surface area contributed by atoms with E-state index in [1.54, 1.807) is 20.9 Å². The highest BCUT2D eigenvalue weighted by molar-refractivity contribution is 7.11. The second-order valence-corrected chi connectivity index (χ2v) is 4.61. The summed E-state index contributed by atoms with van der Waals surface area (Å²) in [5, 5.41) is 18.6. The van der Waals surface area contributed by atoms with Gasteiger partial charge in [0.1, 0.15) is 13.7 Å². The van der Waals surface area contributed by atoms with Gasteiger partial charge >= 0.3 is 5.97 Å². The van der Waals surface area contributed by atoms with E-state index in [2.05, 4.69) is 0 Å². The van der Waals surface area contributed by atoms with Crippen LogP contribution < -0.4 is 4.57 Å². The van der Waals surface area contributed by atoms with Crippen molar-refractivity contribution >= 4 is 17.3 Å². The van der Waals surface area contributed by atoms with Gasteiger partial charge in [0, 0.05) is 6.92 Å². The van der Waals surface area contributed by atoms with E-state index in [0.29, 0.717) is 0 Å². The van der Waals surface area contributed by atoms with E-state index in [9.17, 15) is 14.3 Å². The predicted octanol–water partition coefficient (Wildman–Crippen LogP) is 0.431. The summed E-state index contributed by atoms with van der Waals surface area (Å²) in [5.74, 6) is -1.57. The van der Waals surface area contributed by atoms with Crippen LogP contribution in [0.5, 0.6) is 0 Å². The third-order valence-corrected chi connectivity index (χ3v) is 3.87. The van der Waals surface area contributed by atoms with Gasteiger partial charge in [-0.05, 0) is 6.92 Å². The highest BCUT2D eigenvalue weighted by atomic mass is 32.1. The molecule has 0 aliphatic heterocycles. The van der Waals surface area contributed by atoms with Crippen LogP contribution in [0.2, 0.25) is 0 Å². The fourth-order valence-corrected chi connectivity index (χ4v) is 2.40. The monoisotopic (exact) mass is 234 g/mol. The van der Waals surface area contributed by atoms with Crippen LogP contribution in [0.1, 0.15) is 15.6 Å². The number of aryl methyl sites for hydroxylation is 1. The lowest BCUT2D eigenvalue weighted by molar-refractivity contribution is -0.685. The average molecular weight is 234 g/mol. The maximum absolute atomic E-state index is 12.7. The summed E-state index contributed by atoms with van der Waals surface area (Å²) in [6.07, 6.45) is 0. The van der Waals surface area contributed by atoms with E-state index < -0.39 is 18.2 Å². The smallest absolute Gasteiger partial charge is 0.350 e. The lowest BCUT2D eigenvalue weighted by atomic mass is 10.1. The number of nitrogens with zero attached hydrogens (tertiary/aromatic N) is 1. The minimum absolute atomic E-state index is 0.104. The van der Waals surface area contributed by atoms with Crippen molar-refractivity contribution in [3.05, 3.63) is 15.6 Å². The summed E-state index contributed by atoms with van der Waals surface area (Å²) in [7, 11) is 1.61. The van der Waals surface area contributed by atoms with Crippen molar-refractivity contribution in [2.75, 3.05) is 6.67 Å². The van der Waals surface area contributed by atoms with Gasteiger partial charge in [0.25, 0.3) is 10.6 Å². The minimum atomic E-state index is -2.43. The molecule has 84 valence electrons. The maximum atomic E-state index is 12.7. The quantitative estimate of drug-likeness (QED) is 0.746. The molecule has 1 unspecified atom stereocenters. The van der Waals surface area contributed by atoms with Gasteiger partial charge in [-0.3, -0.25) is 0 Å². The molecule has 0 bridgehead atoms. The van der Waals surface area contributed by atoms with Gasteiger partial charge in [-0.25, -0.2) is 9.18 Å². The van der Waals surface area contributed by atoms with Crippen molar-refractivity contribution in [1.29, 1.82) is 0 Å². The number of carboxylic acid groups (broad SMARTS) is 1. The molecule has 0 aromatic carbocycles. The Kier molecular flexibility index (Phi) is 3.11. The number of carboxylic acids is 1. The lowest BCUT2D eigenvalue weighted by Gasteiger charge is -2.13. The number of aliphatic carboxylic acids is 1. The molecule has 0 fully saturated rings. The molecule has 4 nitrogen and oxygen atoms in total. The second kappa shape index (κ2) is 3.86. The first-order valence-electron chi connectivity index (χ1n) is 4.32. The molecule has 0 aliphatic carbocycles. The van der Waals surface area contributed by atoms with Crippen molar-refractivity contribution in [2.45, 2.75) is 19.4 Å². The van der Waals surface area contributed by atoms with Crippen molar-refractivity contribution in [2.24, 2.45) is 7.05 Å². The Balaban J connectivity index is 3.37. The SMILES string of the molecule is Cc1sc(C(O)(CF)C(=O)O)[n+](C)c1C. The van der Waals surface area contributed by atoms with Gasteiger partial charge in [-0.15, -0.1) is 0 Å². The number of aliphatic hydroxyl groups is 1. The van der Waals surface area contributed by atoms with Crippen LogP contribution in [-0.4, -0.2) is 22.9 Å². The number of aromatic nitrogens is 1. The summed E-state index contributed by atoms with van der Waals surface area (Å²) >= 11 is 1.09. The first-order valence-corrected chi connectivity index (χ1v) is 5.14. The summed E-state index contributed by atoms with van der Waals surface area (Å²) in [4.78, 5) is 11.7. The molecule has 1 aromatic rings. The molecule has 0 amide bonds. The largest absolute Gasteiger partial charge is 0.479 e. The molecule has 1 atom stereocenters. The number of hydrogen-bond acceptors (Lipinski definition) is 3. The Bertz CT molecular complexity index is 404. The first-order chi connectivity index (χ1) is 6.84. The van der Waals surface area contributed by atoms with Crippen LogP contribution >= 0.6 is 11.3 Å². The Morgan fingerprint density at radius 3 is 2.40 bits per heavy atom. The number of carbonyl (C=O) groups is 1. The summed E-state index contributed by atoms with van der Waals surface area (Å²) in [5.41, 5.74) is -1.61. The molecule has 15 heavy (non-hydrogen) atoms. The summed E-state index contributed by atoms with van der Waals surface area (Å²) in [6, 6.07) is 0. The van der Waals surface area contributed by atoms with Crippen molar-refractivity contribution in [3.8, 4) is 0 Å². The fraction of sp³-hybridized carbons (Fsp3) is 0.556. The van der Waals surface area contributed by atoms with Gasteiger partial charge in [0.2, 0.25) is 0 Å². The highest BCUT2D eigenvalue weighted by Gasteiger charge is 2.48. The molecule has 0 saturated heterocycles. The van der Waals surface area contributed by atoms with E-state index >= 15 is 0 Å². The molecule has 1 heterocycles. The normalized spacial score (nSPS) is 15.0. The Morgan fingerprint density at radius 2 is 2.13 bits per heavy atom. The van der Waals surface area contributed by atoms with Crippen molar-refractivity contribution in [3.63, 3.8) is 0 Å². The summed E-state index contributed by atoms with van der Waals surface area (Å²) < 4.78 is 14.2. The van der Waals surface area contributed by atoms with E-state index in [1.165, 1.54) is 4.57 Å². The topological polar surface area (TPSA) is 61.4 Å². The predicted molar refractivity (Wildman–Crippen MR) is 52.5 cm³/mol. The van der Waals surface area contributed by atoms with Gasteiger partial charge in [-0.2, -0.15) is 4.57 Å². The Morgan fingerprint density at radius 1 is 1.60 bits per heavy atom. The Labute approximate surface area is 90.6 Å². The molecule has 0 aliphatic rings. The number of alkyl halides is 1. The van der Waals surface area contributed by atoms with E-state index in [4.69, 9.17) is 5.11 Å². The molecular formula is C9H13FNO3S+. The number of rotatable bonds is 3. The van der Waals surface area contributed by atoms with Crippen LogP contribution in [-0.2, 0) is 17.4 Å². The van der Waals surface area contributed by atoms with E-state index in [0.717, 1.165) is 21.9 Å². The van der Waals surface area contributed by atoms with Crippen LogP contribution in [0.15, 0.2) is 0 Å². The lowest BCUT2D eigenvalue weighted by Crippen LogP contribution is -2.48. The van der Waals surface area contributed by atoms with Gasteiger partial charge < -0.3 is 10.2 Å². The molecule has 2 N–H and O–H groups in total. The summed E-state index contributed by atoms with van der Waals surface area (Å²) in [6.45, 7) is 2.25. The second-order valence-electron chi connectivity index (χ2n) is 3.41. The third kappa shape index (κ3) is 1.74. The third-order valence-electron chi connectivity index (χ3n) is 2.47. The Hall–Kier alpha value is -1.01. The zero-order valence-electron chi connectivity index (χ0n) is 8.74. The minimum Gasteiger partial charge on any atom is -0.479 e. The fourth-order valence-electron chi connectivity index (χ4n) is 1.24. The zero-order valence-corrected chi connectivity index (χ0v) is 9.56. The van der Waals surface area contributed by atoms with Crippen molar-refractivity contribution < 1.29 is 24.0 Å². The van der Waals surface area contributed by atoms with E-state index in [-0.39, 0.29) is 5.01 Å². The van der Waals surface area contributed by atoms with Crippen LogP contribution in [0.4, 0.5) is 4.39 Å². The van der Waals surface area contributed by atoms with Crippen molar-refractivity contribution in [1.82, 2.24) is 0 Å². The van der Waals surface area contributed by atoms with Crippen LogP contribution in [0.25, 0.3) is 0 Å². The molecule has 6 heteroatoms.